The quantitative estimate of drug-likeness (QED) is 0.519. The molecule has 1 aromatic rings. The fourth-order valence-corrected chi connectivity index (χ4v) is 2.59. The molecule has 0 unspecified atom stereocenters. The van der Waals surface area contributed by atoms with Crippen LogP contribution < -0.4 is 5.32 Å². The number of thioether (sulfide) groups is 1. The summed E-state index contributed by atoms with van der Waals surface area (Å²) in [6.07, 6.45) is 5.09. The minimum Gasteiger partial charge on any atom is -0.381 e. The maximum atomic E-state index is 5.56. The van der Waals surface area contributed by atoms with Gasteiger partial charge in [0.05, 0.1) is 6.61 Å². The van der Waals surface area contributed by atoms with Gasteiger partial charge in [0.2, 0.25) is 0 Å². The normalized spacial score (nSPS) is 14.8. The summed E-state index contributed by atoms with van der Waals surface area (Å²) in [5.41, 5.74) is 1.38. The lowest BCUT2D eigenvalue weighted by atomic mass is 10.2. The fourth-order valence-electron chi connectivity index (χ4n) is 1.82. The van der Waals surface area contributed by atoms with Crippen LogP contribution in [0.3, 0.4) is 0 Å². The average molecular weight is 279 g/mol. The molecule has 1 aromatic carbocycles. The predicted molar refractivity (Wildman–Crippen MR) is 82.8 cm³/mol. The SMILES string of the molecule is CCCCOCCSc1ccc(CNC2CC2)cc1. The number of nitrogens with one attached hydrogen (secondary N) is 1. The number of ether oxygens (including phenoxy) is 1. The summed E-state index contributed by atoms with van der Waals surface area (Å²) in [5, 5.41) is 3.54. The third-order valence-corrected chi connectivity index (χ3v) is 4.21. The second kappa shape index (κ2) is 8.62. The van der Waals surface area contributed by atoms with E-state index in [0.29, 0.717) is 0 Å². The zero-order valence-corrected chi connectivity index (χ0v) is 12.7. The van der Waals surface area contributed by atoms with Crippen LogP contribution >= 0.6 is 11.8 Å². The van der Waals surface area contributed by atoms with Crippen LogP contribution in [0.2, 0.25) is 0 Å². The molecule has 1 aliphatic carbocycles. The molecule has 1 saturated carbocycles. The van der Waals surface area contributed by atoms with Gasteiger partial charge >= 0.3 is 0 Å². The molecule has 1 fully saturated rings. The van der Waals surface area contributed by atoms with Crippen LogP contribution in [-0.4, -0.2) is 25.0 Å². The highest BCUT2D eigenvalue weighted by Gasteiger charge is 2.19. The summed E-state index contributed by atoms with van der Waals surface area (Å²) >= 11 is 1.88. The molecule has 0 aromatic heterocycles. The van der Waals surface area contributed by atoms with E-state index in [1.165, 1.54) is 36.1 Å². The van der Waals surface area contributed by atoms with Crippen molar-refractivity contribution >= 4 is 11.8 Å². The van der Waals surface area contributed by atoms with Crippen LogP contribution in [-0.2, 0) is 11.3 Å². The Morgan fingerprint density at radius 2 is 2.00 bits per heavy atom. The Hall–Kier alpha value is -0.510. The molecule has 0 saturated heterocycles. The predicted octanol–water partition coefficient (Wildman–Crippen LogP) is 3.85. The van der Waals surface area contributed by atoms with Crippen molar-refractivity contribution in [3.8, 4) is 0 Å². The molecule has 0 atom stereocenters. The molecule has 0 aliphatic heterocycles. The fraction of sp³-hybridized carbons (Fsp3) is 0.625. The van der Waals surface area contributed by atoms with Crippen molar-refractivity contribution in [1.82, 2.24) is 5.32 Å². The summed E-state index contributed by atoms with van der Waals surface area (Å²) in [5.74, 6) is 1.05. The highest BCUT2D eigenvalue weighted by atomic mass is 32.2. The first-order chi connectivity index (χ1) is 9.38. The maximum absolute atomic E-state index is 5.56. The van der Waals surface area contributed by atoms with Gasteiger partial charge in [-0.3, -0.25) is 0 Å². The molecule has 106 valence electrons. The molecule has 19 heavy (non-hydrogen) atoms. The van der Waals surface area contributed by atoms with Gasteiger partial charge in [-0.15, -0.1) is 11.8 Å². The third-order valence-electron chi connectivity index (χ3n) is 3.23. The van der Waals surface area contributed by atoms with E-state index < -0.39 is 0 Å². The van der Waals surface area contributed by atoms with E-state index in [1.807, 2.05) is 11.8 Å². The van der Waals surface area contributed by atoms with Gasteiger partial charge in [-0.25, -0.2) is 0 Å². The van der Waals surface area contributed by atoms with Gasteiger partial charge in [-0.2, -0.15) is 0 Å². The third kappa shape index (κ3) is 6.46. The number of unbranched alkanes of at least 4 members (excludes halogenated alkanes) is 1. The van der Waals surface area contributed by atoms with E-state index in [2.05, 4.69) is 36.5 Å². The molecule has 1 N–H and O–H groups in total. The van der Waals surface area contributed by atoms with E-state index in [4.69, 9.17) is 4.74 Å². The maximum Gasteiger partial charge on any atom is 0.0560 e. The molecule has 2 rings (SSSR count). The monoisotopic (exact) mass is 279 g/mol. The van der Waals surface area contributed by atoms with E-state index in [-0.39, 0.29) is 0 Å². The minimum absolute atomic E-state index is 0.786. The van der Waals surface area contributed by atoms with Crippen molar-refractivity contribution < 1.29 is 4.74 Å². The van der Waals surface area contributed by atoms with E-state index in [1.54, 1.807) is 0 Å². The summed E-state index contributed by atoms with van der Waals surface area (Å²) in [6, 6.07) is 9.70. The minimum atomic E-state index is 0.786. The van der Waals surface area contributed by atoms with Crippen LogP contribution in [0.5, 0.6) is 0 Å². The van der Waals surface area contributed by atoms with Gasteiger partial charge in [0.25, 0.3) is 0 Å². The van der Waals surface area contributed by atoms with Crippen molar-refractivity contribution in [3.05, 3.63) is 29.8 Å². The van der Waals surface area contributed by atoms with Crippen molar-refractivity contribution in [3.63, 3.8) is 0 Å². The first kappa shape index (κ1) is 14.9. The standard InChI is InChI=1S/C16H25NOS/c1-2-3-10-18-11-12-19-16-8-4-14(5-9-16)13-17-15-6-7-15/h4-5,8-9,15,17H,2-3,6-7,10-13H2,1H3. The smallest absolute Gasteiger partial charge is 0.0560 e. The van der Waals surface area contributed by atoms with E-state index >= 15 is 0 Å². The Balaban J connectivity index is 1.58. The van der Waals surface area contributed by atoms with Gasteiger partial charge in [-0.05, 0) is 37.0 Å². The lowest BCUT2D eigenvalue weighted by molar-refractivity contribution is 0.147. The van der Waals surface area contributed by atoms with Crippen LogP contribution in [0.1, 0.15) is 38.2 Å². The van der Waals surface area contributed by atoms with Gasteiger partial charge in [-0.1, -0.05) is 25.5 Å². The highest BCUT2D eigenvalue weighted by Crippen LogP contribution is 2.21. The molecule has 0 heterocycles. The van der Waals surface area contributed by atoms with Gasteiger partial charge in [0.1, 0.15) is 0 Å². The van der Waals surface area contributed by atoms with Crippen LogP contribution in [0, 0.1) is 0 Å². The van der Waals surface area contributed by atoms with Crippen LogP contribution in [0.25, 0.3) is 0 Å². The first-order valence-electron chi connectivity index (χ1n) is 7.41. The lowest BCUT2D eigenvalue weighted by Gasteiger charge is -2.06. The van der Waals surface area contributed by atoms with Crippen molar-refractivity contribution in [2.24, 2.45) is 0 Å². The van der Waals surface area contributed by atoms with Gasteiger partial charge < -0.3 is 10.1 Å². The number of benzene rings is 1. The average Bonchev–Trinajstić information content (AvgIpc) is 3.26. The van der Waals surface area contributed by atoms with E-state index in [0.717, 1.165) is 31.6 Å². The Bertz CT molecular complexity index is 348. The number of hydrogen-bond donors (Lipinski definition) is 1. The molecule has 1 aliphatic rings. The Kier molecular flexibility index (Phi) is 6.75. The van der Waals surface area contributed by atoms with Gasteiger partial charge in [0, 0.05) is 29.8 Å². The largest absolute Gasteiger partial charge is 0.381 e. The molecule has 0 spiro atoms. The molecular weight excluding hydrogens is 254 g/mol. The summed E-state index contributed by atoms with van der Waals surface area (Å²) < 4.78 is 5.56. The zero-order valence-electron chi connectivity index (χ0n) is 11.9. The van der Waals surface area contributed by atoms with Crippen LogP contribution in [0.15, 0.2) is 29.2 Å². The highest BCUT2D eigenvalue weighted by molar-refractivity contribution is 7.99. The zero-order chi connectivity index (χ0) is 13.3. The number of hydrogen-bond acceptors (Lipinski definition) is 3. The summed E-state index contributed by atoms with van der Waals surface area (Å²) in [4.78, 5) is 1.34. The van der Waals surface area contributed by atoms with Crippen molar-refractivity contribution in [1.29, 1.82) is 0 Å². The molecule has 2 nitrogen and oxygen atoms in total. The number of rotatable bonds is 10. The summed E-state index contributed by atoms with van der Waals surface area (Å²) in [7, 11) is 0. The van der Waals surface area contributed by atoms with E-state index in [9.17, 15) is 0 Å². The van der Waals surface area contributed by atoms with Crippen molar-refractivity contribution in [2.45, 2.75) is 50.1 Å². The second-order valence-corrected chi connectivity index (χ2v) is 6.28. The Morgan fingerprint density at radius 1 is 1.21 bits per heavy atom. The Morgan fingerprint density at radius 3 is 2.68 bits per heavy atom. The molecule has 0 amide bonds. The second-order valence-electron chi connectivity index (χ2n) is 5.11. The molecule has 0 bridgehead atoms. The lowest BCUT2D eigenvalue weighted by Crippen LogP contribution is -2.14. The Labute approximate surface area is 121 Å². The van der Waals surface area contributed by atoms with Gasteiger partial charge in [0.15, 0.2) is 0 Å². The first-order valence-corrected chi connectivity index (χ1v) is 8.40. The summed E-state index contributed by atoms with van der Waals surface area (Å²) in [6.45, 7) is 4.96. The van der Waals surface area contributed by atoms with Crippen LogP contribution in [0.4, 0.5) is 0 Å². The molecule has 0 radical (unpaired) electrons. The molecular formula is C16H25NOS. The molecule has 3 heteroatoms. The topological polar surface area (TPSA) is 21.3 Å². The van der Waals surface area contributed by atoms with Crippen molar-refractivity contribution in [2.75, 3.05) is 19.0 Å².